The minimum atomic E-state index is -4.75. The molecule has 9 nitrogen and oxygen atoms in total. The van der Waals surface area contributed by atoms with Gasteiger partial charge in [-0.2, -0.15) is 17.5 Å². The monoisotopic (exact) mass is 509 g/mol. The highest BCUT2D eigenvalue weighted by Crippen LogP contribution is 2.33. The first-order valence-corrected chi connectivity index (χ1v) is 12.5. The molecule has 3 fully saturated rings. The first kappa shape index (κ1) is 25.2. The maximum atomic E-state index is 14.1. The van der Waals surface area contributed by atoms with Gasteiger partial charge in [0.05, 0.1) is 25.6 Å². The number of amides is 1. The number of halogens is 4. The Balaban J connectivity index is 1.55. The third kappa shape index (κ3) is 5.20. The number of nitrogens with one attached hydrogen (secondary N) is 1. The Kier molecular flexibility index (Phi) is 7.16. The number of carbonyl (C=O) groups excluding carboxylic acids is 1. The van der Waals surface area contributed by atoms with Crippen LogP contribution in [0.5, 0.6) is 0 Å². The van der Waals surface area contributed by atoms with Crippen LogP contribution in [0.4, 0.5) is 17.6 Å². The Hall–Kier alpha value is -1.87. The van der Waals surface area contributed by atoms with Crippen LogP contribution in [-0.2, 0) is 19.6 Å². The van der Waals surface area contributed by atoms with Crippen molar-refractivity contribution in [3.8, 4) is 0 Å². The van der Waals surface area contributed by atoms with Crippen LogP contribution < -0.4 is 5.32 Å². The molecule has 1 aromatic rings. The van der Waals surface area contributed by atoms with Crippen LogP contribution in [0.1, 0.15) is 19.8 Å². The summed E-state index contributed by atoms with van der Waals surface area (Å²) in [5.41, 5.74) is 0. The molecule has 4 rings (SSSR count). The number of morpholine rings is 1. The summed E-state index contributed by atoms with van der Waals surface area (Å²) in [6.45, 7) is 2.15. The lowest BCUT2D eigenvalue weighted by Gasteiger charge is -2.49. The van der Waals surface area contributed by atoms with Crippen LogP contribution in [-0.4, -0.2) is 103 Å². The maximum absolute atomic E-state index is 14.1. The number of piperidine rings is 1. The molecule has 0 bridgehead atoms. The van der Waals surface area contributed by atoms with Crippen LogP contribution in [0.2, 0.25) is 0 Å². The summed E-state index contributed by atoms with van der Waals surface area (Å²) in [5, 5.41) is 2.67. The van der Waals surface area contributed by atoms with Gasteiger partial charge in [-0.25, -0.2) is 12.8 Å². The second-order valence-corrected chi connectivity index (χ2v) is 10.8. The smallest absolute Gasteiger partial charge is 0.379 e. The number of piperazine rings is 1. The van der Waals surface area contributed by atoms with Gasteiger partial charge in [0.15, 0.2) is 0 Å². The summed E-state index contributed by atoms with van der Waals surface area (Å²) < 4.78 is 87.7. The number of pyridine rings is 1. The van der Waals surface area contributed by atoms with Crippen molar-refractivity contribution in [3.63, 3.8) is 0 Å². The molecule has 0 spiro atoms. The van der Waals surface area contributed by atoms with Crippen LogP contribution in [0.15, 0.2) is 23.4 Å². The number of rotatable bonds is 4. The third-order valence-electron chi connectivity index (χ3n) is 6.61. The molecular weight excluding hydrogens is 482 g/mol. The first-order valence-electron chi connectivity index (χ1n) is 11.0. The molecule has 3 aliphatic rings. The minimum absolute atomic E-state index is 0.0329. The van der Waals surface area contributed by atoms with E-state index in [2.05, 4.69) is 15.2 Å². The second-order valence-electron chi connectivity index (χ2n) is 8.84. The summed E-state index contributed by atoms with van der Waals surface area (Å²) in [7, 11) is -4.38. The fourth-order valence-electron chi connectivity index (χ4n) is 4.95. The number of hydrogen-bond acceptors (Lipinski definition) is 7. The lowest BCUT2D eigenvalue weighted by molar-refractivity contribution is -0.203. The van der Waals surface area contributed by atoms with Gasteiger partial charge >= 0.3 is 6.18 Å². The molecule has 0 saturated carbocycles. The molecule has 34 heavy (non-hydrogen) atoms. The molecular formula is C20H27F4N5O4S. The predicted octanol–water partition coefficient (Wildman–Crippen LogP) is 0.783. The van der Waals surface area contributed by atoms with Crippen molar-refractivity contribution in [2.75, 3.05) is 39.4 Å². The highest BCUT2D eigenvalue weighted by atomic mass is 32.2. The van der Waals surface area contributed by atoms with E-state index in [4.69, 9.17) is 4.74 Å². The topological polar surface area (TPSA) is 95.1 Å². The zero-order valence-corrected chi connectivity index (χ0v) is 19.4. The molecule has 0 aliphatic carbocycles. The van der Waals surface area contributed by atoms with Crippen molar-refractivity contribution in [2.45, 2.75) is 55.1 Å². The fraction of sp³-hybridized carbons (Fsp3) is 0.700. The normalized spacial score (nSPS) is 30.8. The standard InChI is InChI=1S/C20H27F4N5O4S/c1-13-12-33-5-4-28(13)15-7-18(26-19(30)8-15)29-3-2-27(11-17(29)20(22,23)24)34(31,32)16-6-14(21)9-25-10-16/h6,9-10,13,15,17-18H,2-5,7-8,11-12H2,1H3,(H,26,30)/t13-,15?,17?,18?/m1/s1. The molecule has 190 valence electrons. The molecule has 0 aromatic carbocycles. The third-order valence-corrected chi connectivity index (χ3v) is 8.44. The number of ether oxygens (including phenoxy) is 1. The molecule has 3 saturated heterocycles. The van der Waals surface area contributed by atoms with E-state index in [1.165, 1.54) is 0 Å². The molecule has 1 aromatic heterocycles. The average Bonchev–Trinajstić information content (AvgIpc) is 2.78. The van der Waals surface area contributed by atoms with Gasteiger partial charge in [0.2, 0.25) is 15.9 Å². The number of nitrogens with zero attached hydrogens (tertiary/aromatic N) is 4. The SMILES string of the molecule is C[C@@H]1COCCN1C1CC(=O)NC(N2CCN(S(=O)(=O)c3cncc(F)c3)CC2C(F)(F)F)C1. The van der Waals surface area contributed by atoms with Gasteiger partial charge < -0.3 is 10.1 Å². The van der Waals surface area contributed by atoms with Gasteiger partial charge in [-0.15, -0.1) is 0 Å². The van der Waals surface area contributed by atoms with Crippen LogP contribution in [0, 0.1) is 5.82 Å². The van der Waals surface area contributed by atoms with Crippen molar-refractivity contribution in [1.29, 1.82) is 0 Å². The van der Waals surface area contributed by atoms with Gasteiger partial charge in [0, 0.05) is 50.9 Å². The number of hydrogen-bond donors (Lipinski definition) is 1. The average molecular weight is 510 g/mol. The van der Waals surface area contributed by atoms with E-state index in [1.54, 1.807) is 0 Å². The highest BCUT2D eigenvalue weighted by molar-refractivity contribution is 7.89. The van der Waals surface area contributed by atoms with Gasteiger partial charge in [-0.1, -0.05) is 0 Å². The Bertz CT molecular complexity index is 1010. The summed E-state index contributed by atoms with van der Waals surface area (Å²) >= 11 is 0. The Morgan fingerprint density at radius 1 is 1.18 bits per heavy atom. The van der Waals surface area contributed by atoms with E-state index in [9.17, 15) is 30.8 Å². The summed E-state index contributed by atoms with van der Waals surface area (Å²) in [5.74, 6) is -1.25. The number of aromatic nitrogens is 1. The highest BCUT2D eigenvalue weighted by Gasteiger charge is 2.52. The van der Waals surface area contributed by atoms with Crippen molar-refractivity contribution in [3.05, 3.63) is 24.3 Å². The summed E-state index contributed by atoms with van der Waals surface area (Å²) in [6.07, 6.45) is -3.47. The molecule has 3 unspecified atom stereocenters. The van der Waals surface area contributed by atoms with Gasteiger partial charge in [0.1, 0.15) is 16.8 Å². The predicted molar refractivity (Wildman–Crippen MR) is 111 cm³/mol. The first-order chi connectivity index (χ1) is 16.0. The van der Waals surface area contributed by atoms with Gasteiger partial charge in [-0.3, -0.25) is 19.6 Å². The van der Waals surface area contributed by atoms with Crippen molar-refractivity contribution < 1.29 is 35.5 Å². The zero-order chi connectivity index (χ0) is 24.7. The Morgan fingerprint density at radius 3 is 2.62 bits per heavy atom. The van der Waals surface area contributed by atoms with E-state index in [1.807, 2.05) is 6.92 Å². The summed E-state index contributed by atoms with van der Waals surface area (Å²) in [4.78, 5) is 18.7. The lowest BCUT2D eigenvalue weighted by Crippen LogP contribution is -2.68. The van der Waals surface area contributed by atoms with Crippen molar-refractivity contribution in [2.24, 2.45) is 0 Å². The molecule has 1 amide bonds. The number of sulfonamides is 1. The van der Waals surface area contributed by atoms with Gasteiger partial charge in [0.25, 0.3) is 0 Å². The van der Waals surface area contributed by atoms with E-state index in [0.717, 1.165) is 23.4 Å². The number of alkyl halides is 3. The van der Waals surface area contributed by atoms with E-state index in [0.29, 0.717) is 24.1 Å². The fourth-order valence-corrected chi connectivity index (χ4v) is 6.36. The molecule has 4 atom stereocenters. The largest absolute Gasteiger partial charge is 0.405 e. The second kappa shape index (κ2) is 9.64. The molecule has 0 radical (unpaired) electrons. The van der Waals surface area contributed by atoms with Crippen LogP contribution in [0.3, 0.4) is 0 Å². The van der Waals surface area contributed by atoms with E-state index in [-0.39, 0.29) is 43.9 Å². The van der Waals surface area contributed by atoms with Gasteiger partial charge in [-0.05, 0) is 19.4 Å². The quantitative estimate of drug-likeness (QED) is 0.600. The molecule has 1 N–H and O–H groups in total. The van der Waals surface area contributed by atoms with Crippen LogP contribution in [0.25, 0.3) is 0 Å². The summed E-state index contributed by atoms with van der Waals surface area (Å²) in [6, 6.07) is -1.62. The Labute approximate surface area is 195 Å². The zero-order valence-electron chi connectivity index (χ0n) is 18.5. The van der Waals surface area contributed by atoms with Crippen LogP contribution >= 0.6 is 0 Å². The molecule has 3 aliphatic heterocycles. The molecule has 14 heteroatoms. The van der Waals surface area contributed by atoms with E-state index >= 15 is 0 Å². The maximum Gasteiger partial charge on any atom is 0.405 e. The van der Waals surface area contributed by atoms with Crippen molar-refractivity contribution in [1.82, 2.24) is 24.4 Å². The van der Waals surface area contributed by atoms with Crippen molar-refractivity contribution >= 4 is 15.9 Å². The Morgan fingerprint density at radius 2 is 1.94 bits per heavy atom. The number of carbonyl (C=O) groups is 1. The molecule has 4 heterocycles. The minimum Gasteiger partial charge on any atom is -0.379 e. The van der Waals surface area contributed by atoms with E-state index < -0.39 is 45.7 Å². The lowest BCUT2D eigenvalue weighted by atomic mass is 9.97.